The van der Waals surface area contributed by atoms with Gasteiger partial charge < -0.3 is 10.6 Å². The Morgan fingerprint density at radius 3 is 2.07 bits per heavy atom. The first-order chi connectivity index (χ1) is 14.6. The molecule has 2 N–H and O–H groups in total. The minimum atomic E-state index is -0.477. The number of carbonyl (C=O) groups excluding carboxylic acids is 4. The Bertz CT molecular complexity index is 1130. The molecule has 0 unspecified atom stereocenters. The fourth-order valence-electron chi connectivity index (χ4n) is 3.48. The summed E-state index contributed by atoms with van der Waals surface area (Å²) in [5, 5.41) is 7.22. The molecule has 150 valence electrons. The number of rotatable bonds is 6. The van der Waals surface area contributed by atoms with Gasteiger partial charge in [-0.1, -0.05) is 48.5 Å². The van der Waals surface area contributed by atoms with Crippen molar-refractivity contribution in [2.24, 2.45) is 0 Å². The van der Waals surface area contributed by atoms with E-state index < -0.39 is 17.7 Å². The second-order valence-electron chi connectivity index (χ2n) is 6.87. The van der Waals surface area contributed by atoms with E-state index in [9.17, 15) is 19.2 Å². The lowest BCUT2D eigenvalue weighted by molar-refractivity contribution is -0.121. The van der Waals surface area contributed by atoms with E-state index in [1.165, 1.54) is 0 Å². The highest BCUT2D eigenvalue weighted by atomic mass is 16.2. The summed E-state index contributed by atoms with van der Waals surface area (Å²) in [7, 11) is 0. The van der Waals surface area contributed by atoms with Gasteiger partial charge in [-0.2, -0.15) is 0 Å². The zero-order valence-corrected chi connectivity index (χ0v) is 16.1. The van der Waals surface area contributed by atoms with Crippen molar-refractivity contribution in [1.82, 2.24) is 15.5 Å². The maximum absolute atomic E-state index is 12.5. The number of imide groups is 1. The molecule has 1 heterocycles. The predicted molar refractivity (Wildman–Crippen MR) is 111 cm³/mol. The first-order valence-corrected chi connectivity index (χ1v) is 9.54. The molecule has 4 rings (SSSR count). The molecule has 0 spiro atoms. The maximum Gasteiger partial charge on any atom is 0.262 e. The maximum atomic E-state index is 12.5. The third kappa shape index (κ3) is 3.65. The number of fused-ring (bicyclic) bond motifs is 2. The number of carbonyl (C=O) groups is 4. The molecule has 0 aromatic heterocycles. The average molecular weight is 401 g/mol. The lowest BCUT2D eigenvalue weighted by Crippen LogP contribution is -2.42. The summed E-state index contributed by atoms with van der Waals surface area (Å²) in [6.45, 7) is 0.0397. The number of hydrogen-bond donors (Lipinski definition) is 2. The molecule has 3 aromatic carbocycles. The predicted octanol–water partition coefficient (Wildman–Crippen LogP) is 1.98. The fraction of sp³-hybridized carbons (Fsp3) is 0.130. The zero-order chi connectivity index (χ0) is 21.1. The van der Waals surface area contributed by atoms with Crippen molar-refractivity contribution >= 4 is 34.4 Å². The van der Waals surface area contributed by atoms with Gasteiger partial charge in [0.1, 0.15) is 6.54 Å². The van der Waals surface area contributed by atoms with Gasteiger partial charge >= 0.3 is 0 Å². The molecule has 4 amide bonds. The van der Waals surface area contributed by atoms with Crippen LogP contribution in [0.25, 0.3) is 10.8 Å². The van der Waals surface area contributed by atoms with Gasteiger partial charge in [-0.3, -0.25) is 24.1 Å². The van der Waals surface area contributed by atoms with Crippen LogP contribution in [0.1, 0.15) is 31.1 Å². The summed E-state index contributed by atoms with van der Waals surface area (Å²) in [6, 6.07) is 19.6. The molecule has 0 aliphatic carbocycles. The largest absolute Gasteiger partial charge is 0.353 e. The molecule has 1 aliphatic rings. The summed E-state index contributed by atoms with van der Waals surface area (Å²) >= 11 is 0. The SMILES string of the molecule is O=C(CN1C(=O)c2ccccc2C1=O)NCCNC(=O)c1cccc2ccccc12. The molecular weight excluding hydrogens is 382 g/mol. The molecule has 0 radical (unpaired) electrons. The fourth-order valence-corrected chi connectivity index (χ4v) is 3.48. The number of nitrogens with one attached hydrogen (secondary N) is 2. The van der Waals surface area contributed by atoms with Gasteiger partial charge in [-0.25, -0.2) is 0 Å². The standard InChI is InChI=1S/C23H19N3O4/c27-20(14-26-22(29)18-9-3-4-10-19(18)23(26)30)24-12-13-25-21(28)17-11-5-7-15-6-1-2-8-16(15)17/h1-11H,12-14H2,(H,24,27)(H,25,28). The Morgan fingerprint density at radius 1 is 0.733 bits per heavy atom. The van der Waals surface area contributed by atoms with E-state index in [2.05, 4.69) is 10.6 Å². The quantitative estimate of drug-likeness (QED) is 0.488. The number of benzene rings is 3. The first kappa shape index (κ1) is 19.3. The van der Waals surface area contributed by atoms with E-state index in [0.717, 1.165) is 15.7 Å². The normalized spacial score (nSPS) is 12.7. The van der Waals surface area contributed by atoms with E-state index in [4.69, 9.17) is 0 Å². The van der Waals surface area contributed by atoms with Gasteiger partial charge in [-0.15, -0.1) is 0 Å². The van der Waals surface area contributed by atoms with Crippen molar-refractivity contribution in [2.45, 2.75) is 0 Å². The molecule has 0 fully saturated rings. The monoisotopic (exact) mass is 401 g/mol. The highest BCUT2D eigenvalue weighted by Gasteiger charge is 2.36. The Balaban J connectivity index is 1.28. The van der Waals surface area contributed by atoms with E-state index in [1.807, 2.05) is 36.4 Å². The van der Waals surface area contributed by atoms with Gasteiger partial charge in [-0.05, 0) is 29.0 Å². The molecular formula is C23H19N3O4. The van der Waals surface area contributed by atoms with Gasteiger partial charge in [0, 0.05) is 18.7 Å². The zero-order valence-electron chi connectivity index (χ0n) is 16.1. The lowest BCUT2D eigenvalue weighted by atomic mass is 10.0. The Hall–Kier alpha value is -4.00. The van der Waals surface area contributed by atoms with Gasteiger partial charge in [0.05, 0.1) is 11.1 Å². The van der Waals surface area contributed by atoms with Crippen molar-refractivity contribution in [2.75, 3.05) is 19.6 Å². The molecule has 0 bridgehead atoms. The van der Waals surface area contributed by atoms with E-state index in [0.29, 0.717) is 16.7 Å². The second kappa shape index (κ2) is 8.16. The second-order valence-corrected chi connectivity index (χ2v) is 6.87. The van der Waals surface area contributed by atoms with Crippen molar-refractivity contribution in [3.05, 3.63) is 83.4 Å². The van der Waals surface area contributed by atoms with Crippen LogP contribution >= 0.6 is 0 Å². The van der Waals surface area contributed by atoms with E-state index in [1.54, 1.807) is 30.3 Å². The molecule has 0 saturated heterocycles. The molecule has 3 aromatic rings. The van der Waals surface area contributed by atoms with Gasteiger partial charge in [0.25, 0.3) is 17.7 Å². The highest BCUT2D eigenvalue weighted by molar-refractivity contribution is 6.22. The summed E-state index contributed by atoms with van der Waals surface area (Å²) in [5.74, 6) is -1.66. The minimum absolute atomic E-state index is 0.179. The average Bonchev–Trinajstić information content (AvgIpc) is 3.01. The molecule has 0 atom stereocenters. The van der Waals surface area contributed by atoms with Crippen LogP contribution in [0.15, 0.2) is 66.7 Å². The lowest BCUT2D eigenvalue weighted by Gasteiger charge is -2.14. The van der Waals surface area contributed by atoms with Crippen LogP contribution < -0.4 is 10.6 Å². The van der Waals surface area contributed by atoms with Crippen molar-refractivity contribution < 1.29 is 19.2 Å². The van der Waals surface area contributed by atoms with Crippen molar-refractivity contribution in [1.29, 1.82) is 0 Å². The molecule has 0 saturated carbocycles. The van der Waals surface area contributed by atoms with E-state index in [-0.39, 0.29) is 25.5 Å². The third-order valence-corrected chi connectivity index (χ3v) is 4.95. The molecule has 1 aliphatic heterocycles. The highest BCUT2D eigenvalue weighted by Crippen LogP contribution is 2.22. The summed E-state index contributed by atoms with van der Waals surface area (Å²) in [4.78, 5) is 50.1. The number of nitrogens with zero attached hydrogens (tertiary/aromatic N) is 1. The third-order valence-electron chi connectivity index (χ3n) is 4.95. The Kier molecular flexibility index (Phi) is 5.26. The van der Waals surface area contributed by atoms with Crippen molar-refractivity contribution in [3.63, 3.8) is 0 Å². The van der Waals surface area contributed by atoms with Gasteiger partial charge in [0.15, 0.2) is 0 Å². The number of amides is 4. The summed E-state index contributed by atoms with van der Waals surface area (Å²) < 4.78 is 0. The van der Waals surface area contributed by atoms with Crippen LogP contribution in [0.2, 0.25) is 0 Å². The molecule has 7 nitrogen and oxygen atoms in total. The van der Waals surface area contributed by atoms with Crippen LogP contribution in [0, 0.1) is 0 Å². The Morgan fingerprint density at radius 2 is 1.33 bits per heavy atom. The Labute approximate surface area is 172 Å². The minimum Gasteiger partial charge on any atom is -0.353 e. The van der Waals surface area contributed by atoms with Crippen LogP contribution in [-0.2, 0) is 4.79 Å². The van der Waals surface area contributed by atoms with Crippen LogP contribution in [0.3, 0.4) is 0 Å². The van der Waals surface area contributed by atoms with Crippen LogP contribution in [0.4, 0.5) is 0 Å². The van der Waals surface area contributed by atoms with Crippen molar-refractivity contribution in [3.8, 4) is 0 Å². The van der Waals surface area contributed by atoms with Crippen LogP contribution in [-0.4, -0.2) is 48.2 Å². The van der Waals surface area contributed by atoms with Crippen LogP contribution in [0.5, 0.6) is 0 Å². The topological polar surface area (TPSA) is 95.6 Å². The first-order valence-electron chi connectivity index (χ1n) is 9.54. The van der Waals surface area contributed by atoms with E-state index >= 15 is 0 Å². The molecule has 30 heavy (non-hydrogen) atoms. The number of hydrogen-bond acceptors (Lipinski definition) is 4. The summed E-state index contributed by atoms with van der Waals surface area (Å²) in [5.41, 5.74) is 1.17. The summed E-state index contributed by atoms with van der Waals surface area (Å²) in [6.07, 6.45) is 0. The smallest absolute Gasteiger partial charge is 0.262 e. The van der Waals surface area contributed by atoms with Gasteiger partial charge in [0.2, 0.25) is 5.91 Å². The molecule has 7 heteroatoms.